The second-order valence-corrected chi connectivity index (χ2v) is 6.41. The van der Waals surface area contributed by atoms with Crippen molar-refractivity contribution >= 4 is 23.1 Å². The monoisotopic (exact) mass is 293 g/mol. The number of hydrogen-bond donors (Lipinski definition) is 2. The molecule has 1 fully saturated rings. The van der Waals surface area contributed by atoms with E-state index < -0.39 is 0 Å². The normalized spacial score (nSPS) is 20.0. The first kappa shape index (κ1) is 15.2. The van der Waals surface area contributed by atoms with Gasteiger partial charge in [-0.15, -0.1) is 0 Å². The van der Waals surface area contributed by atoms with Crippen LogP contribution in [0.2, 0.25) is 5.02 Å². The van der Waals surface area contributed by atoms with Crippen LogP contribution in [0.5, 0.6) is 0 Å². The number of nitrogens with zero attached hydrogens (tertiary/aromatic N) is 1. The SMILES string of the molecule is CC(C)C1CCCN(c2ccc(C(=N)N)c(Cl)c2)CC1. The Morgan fingerprint density at radius 2 is 2.10 bits per heavy atom. The first-order valence-corrected chi connectivity index (χ1v) is 7.75. The molecule has 1 aliphatic heterocycles. The highest BCUT2D eigenvalue weighted by atomic mass is 35.5. The molecule has 110 valence electrons. The molecule has 3 nitrogen and oxygen atoms in total. The van der Waals surface area contributed by atoms with Crippen LogP contribution in [0, 0.1) is 17.2 Å². The molecular weight excluding hydrogens is 270 g/mol. The number of halogens is 1. The highest BCUT2D eigenvalue weighted by molar-refractivity contribution is 6.34. The van der Waals surface area contributed by atoms with Crippen LogP contribution >= 0.6 is 11.6 Å². The van der Waals surface area contributed by atoms with Crippen molar-refractivity contribution in [1.29, 1.82) is 5.41 Å². The third-order valence-electron chi connectivity index (χ3n) is 4.32. The van der Waals surface area contributed by atoms with Crippen molar-refractivity contribution in [1.82, 2.24) is 0 Å². The Morgan fingerprint density at radius 1 is 1.35 bits per heavy atom. The topological polar surface area (TPSA) is 53.1 Å². The Morgan fingerprint density at radius 3 is 2.70 bits per heavy atom. The Labute approximate surface area is 126 Å². The highest BCUT2D eigenvalue weighted by Gasteiger charge is 2.20. The maximum Gasteiger partial charge on any atom is 0.124 e. The number of anilines is 1. The molecule has 2 rings (SSSR count). The second kappa shape index (κ2) is 6.49. The summed E-state index contributed by atoms with van der Waals surface area (Å²) in [5.41, 5.74) is 7.26. The zero-order valence-corrected chi connectivity index (χ0v) is 13.1. The van der Waals surface area contributed by atoms with E-state index in [0.717, 1.165) is 30.6 Å². The third kappa shape index (κ3) is 3.45. The molecule has 0 aliphatic carbocycles. The molecule has 1 aliphatic rings. The number of rotatable bonds is 3. The summed E-state index contributed by atoms with van der Waals surface area (Å²) in [6.07, 6.45) is 3.78. The molecule has 0 radical (unpaired) electrons. The summed E-state index contributed by atoms with van der Waals surface area (Å²) < 4.78 is 0. The fourth-order valence-corrected chi connectivity index (χ4v) is 3.24. The molecule has 0 amide bonds. The lowest BCUT2D eigenvalue weighted by Crippen LogP contribution is -2.24. The Kier molecular flexibility index (Phi) is 4.92. The molecule has 1 heterocycles. The number of hydrogen-bond acceptors (Lipinski definition) is 2. The van der Waals surface area contributed by atoms with Crippen molar-refractivity contribution in [3.8, 4) is 0 Å². The number of nitrogens with one attached hydrogen (secondary N) is 1. The zero-order valence-electron chi connectivity index (χ0n) is 12.3. The molecule has 0 saturated carbocycles. The summed E-state index contributed by atoms with van der Waals surface area (Å²) in [5.74, 6) is 1.61. The average molecular weight is 294 g/mol. The van der Waals surface area contributed by atoms with Gasteiger partial charge in [0.1, 0.15) is 5.84 Å². The van der Waals surface area contributed by atoms with E-state index in [1.165, 1.54) is 19.3 Å². The highest BCUT2D eigenvalue weighted by Crippen LogP contribution is 2.29. The summed E-state index contributed by atoms with van der Waals surface area (Å²) in [5, 5.41) is 8.05. The summed E-state index contributed by atoms with van der Waals surface area (Å²) in [7, 11) is 0. The van der Waals surface area contributed by atoms with Gasteiger partial charge in [-0.1, -0.05) is 25.4 Å². The molecule has 1 saturated heterocycles. The third-order valence-corrected chi connectivity index (χ3v) is 4.64. The summed E-state index contributed by atoms with van der Waals surface area (Å²) in [4.78, 5) is 2.40. The standard InChI is InChI=1S/C16H24ClN3/c1-11(2)12-4-3-8-20(9-7-12)13-5-6-14(16(18)19)15(17)10-13/h5-6,10-12H,3-4,7-9H2,1-2H3,(H3,18,19). The largest absolute Gasteiger partial charge is 0.384 e. The summed E-state index contributed by atoms with van der Waals surface area (Å²) in [6, 6.07) is 5.82. The molecule has 1 atom stereocenters. The van der Waals surface area contributed by atoms with Gasteiger partial charge in [-0.25, -0.2) is 0 Å². The van der Waals surface area contributed by atoms with E-state index in [1.54, 1.807) is 0 Å². The van der Waals surface area contributed by atoms with E-state index >= 15 is 0 Å². The molecule has 1 aromatic carbocycles. The van der Waals surface area contributed by atoms with Crippen molar-refractivity contribution in [2.24, 2.45) is 17.6 Å². The Balaban J connectivity index is 2.12. The summed E-state index contributed by atoms with van der Waals surface area (Å²) in [6.45, 7) is 6.80. The number of nitrogens with two attached hydrogens (primary N) is 1. The van der Waals surface area contributed by atoms with Crippen LogP contribution < -0.4 is 10.6 Å². The Bertz CT molecular complexity index is 485. The van der Waals surface area contributed by atoms with Gasteiger partial charge < -0.3 is 10.6 Å². The fraction of sp³-hybridized carbons (Fsp3) is 0.562. The van der Waals surface area contributed by atoms with E-state index in [1.807, 2.05) is 18.2 Å². The van der Waals surface area contributed by atoms with E-state index in [4.69, 9.17) is 22.7 Å². The molecule has 0 bridgehead atoms. The van der Waals surface area contributed by atoms with Gasteiger partial charge in [-0.2, -0.15) is 0 Å². The van der Waals surface area contributed by atoms with Gasteiger partial charge in [-0.05, 0) is 49.3 Å². The van der Waals surface area contributed by atoms with E-state index in [0.29, 0.717) is 10.6 Å². The van der Waals surface area contributed by atoms with Gasteiger partial charge in [-0.3, -0.25) is 5.41 Å². The Hall–Kier alpha value is -1.22. The predicted molar refractivity (Wildman–Crippen MR) is 86.9 cm³/mol. The van der Waals surface area contributed by atoms with Crippen molar-refractivity contribution < 1.29 is 0 Å². The lowest BCUT2D eigenvalue weighted by atomic mass is 9.89. The van der Waals surface area contributed by atoms with E-state index in [2.05, 4.69) is 18.7 Å². The number of amidine groups is 1. The minimum atomic E-state index is 0.0253. The number of nitrogen functional groups attached to an aromatic ring is 1. The van der Waals surface area contributed by atoms with Gasteiger partial charge in [0, 0.05) is 24.3 Å². The zero-order chi connectivity index (χ0) is 14.7. The molecule has 0 spiro atoms. The smallest absolute Gasteiger partial charge is 0.124 e. The predicted octanol–water partition coefficient (Wildman–Crippen LogP) is 3.89. The van der Waals surface area contributed by atoms with Gasteiger partial charge in [0.25, 0.3) is 0 Å². The minimum absolute atomic E-state index is 0.0253. The molecule has 4 heteroatoms. The first-order chi connectivity index (χ1) is 9.49. The van der Waals surface area contributed by atoms with E-state index in [9.17, 15) is 0 Å². The van der Waals surface area contributed by atoms with Crippen LogP contribution in [0.15, 0.2) is 18.2 Å². The van der Waals surface area contributed by atoms with Gasteiger partial charge >= 0.3 is 0 Å². The van der Waals surface area contributed by atoms with Crippen molar-refractivity contribution in [2.45, 2.75) is 33.1 Å². The molecule has 1 aromatic rings. The maximum atomic E-state index is 7.48. The molecule has 3 N–H and O–H groups in total. The van der Waals surface area contributed by atoms with Crippen molar-refractivity contribution in [2.75, 3.05) is 18.0 Å². The van der Waals surface area contributed by atoms with Crippen molar-refractivity contribution in [3.05, 3.63) is 28.8 Å². The second-order valence-electron chi connectivity index (χ2n) is 6.00. The summed E-state index contributed by atoms with van der Waals surface area (Å²) >= 11 is 6.22. The minimum Gasteiger partial charge on any atom is -0.384 e. The maximum absolute atomic E-state index is 7.48. The van der Waals surface area contributed by atoms with Gasteiger partial charge in [0.2, 0.25) is 0 Å². The van der Waals surface area contributed by atoms with Crippen molar-refractivity contribution in [3.63, 3.8) is 0 Å². The van der Waals surface area contributed by atoms with E-state index in [-0.39, 0.29) is 5.84 Å². The fourth-order valence-electron chi connectivity index (χ4n) is 2.97. The van der Waals surface area contributed by atoms with Crippen LogP contribution in [0.1, 0.15) is 38.7 Å². The van der Waals surface area contributed by atoms with Gasteiger partial charge in [0.05, 0.1) is 5.02 Å². The quantitative estimate of drug-likeness (QED) is 0.656. The molecule has 0 aromatic heterocycles. The van der Waals surface area contributed by atoms with Gasteiger partial charge in [0.15, 0.2) is 0 Å². The lowest BCUT2D eigenvalue weighted by Gasteiger charge is -2.24. The van der Waals surface area contributed by atoms with Crippen LogP contribution in [0.4, 0.5) is 5.69 Å². The molecule has 20 heavy (non-hydrogen) atoms. The first-order valence-electron chi connectivity index (χ1n) is 7.38. The average Bonchev–Trinajstić information content (AvgIpc) is 2.63. The molecular formula is C16H24ClN3. The van der Waals surface area contributed by atoms with Crippen LogP contribution in [0.25, 0.3) is 0 Å². The lowest BCUT2D eigenvalue weighted by molar-refractivity contribution is 0.351. The molecule has 1 unspecified atom stereocenters. The number of benzene rings is 1. The van der Waals surface area contributed by atoms with Crippen LogP contribution in [-0.2, 0) is 0 Å². The van der Waals surface area contributed by atoms with Crippen LogP contribution in [0.3, 0.4) is 0 Å². The van der Waals surface area contributed by atoms with Crippen LogP contribution in [-0.4, -0.2) is 18.9 Å².